The third kappa shape index (κ3) is 1.11. The highest BCUT2D eigenvalue weighted by atomic mass is 16.2. The van der Waals surface area contributed by atoms with Gasteiger partial charge in [-0.3, -0.25) is 14.5 Å². The Morgan fingerprint density at radius 2 is 2.00 bits per heavy atom. The molecule has 2 aliphatic rings. The second-order valence-electron chi connectivity index (χ2n) is 4.42. The van der Waals surface area contributed by atoms with Gasteiger partial charge in [0.2, 0.25) is 5.91 Å². The summed E-state index contributed by atoms with van der Waals surface area (Å²) in [5.41, 5.74) is 0.344. The number of likely N-dealkylation sites (tertiary alicyclic amines) is 1. The van der Waals surface area contributed by atoms with Gasteiger partial charge in [0.15, 0.2) is 0 Å². The first kappa shape index (κ1) is 9.44. The fraction of sp³-hybridized carbons (Fsp3) is 0.636. The molecular weight excluding hydrogens is 178 g/mol. The van der Waals surface area contributed by atoms with E-state index in [4.69, 9.17) is 0 Å². The zero-order chi connectivity index (χ0) is 10.3. The van der Waals surface area contributed by atoms with Crippen LogP contribution in [0.1, 0.15) is 39.0 Å². The van der Waals surface area contributed by atoms with Crippen LogP contribution >= 0.6 is 0 Å². The van der Waals surface area contributed by atoms with Crippen LogP contribution in [0.15, 0.2) is 12.2 Å². The molecule has 2 rings (SSSR count). The zero-order valence-electron chi connectivity index (χ0n) is 8.51. The lowest BCUT2D eigenvalue weighted by Gasteiger charge is -2.48. The molecule has 0 atom stereocenters. The largest absolute Gasteiger partial charge is 0.274 e. The van der Waals surface area contributed by atoms with Crippen molar-refractivity contribution in [1.29, 1.82) is 0 Å². The monoisotopic (exact) mass is 193 g/mol. The van der Waals surface area contributed by atoms with E-state index in [1.165, 1.54) is 4.90 Å². The summed E-state index contributed by atoms with van der Waals surface area (Å²) >= 11 is 0. The fourth-order valence-corrected chi connectivity index (χ4v) is 2.57. The van der Waals surface area contributed by atoms with Gasteiger partial charge in [0.05, 0.1) is 12.0 Å². The molecule has 2 amide bonds. The molecule has 0 unspecified atom stereocenters. The Bertz CT molecular complexity index is 313. The number of carbonyl (C=O) groups excluding carboxylic acids is 2. The summed E-state index contributed by atoms with van der Waals surface area (Å²) in [7, 11) is 0. The van der Waals surface area contributed by atoms with Crippen LogP contribution in [-0.4, -0.2) is 22.3 Å². The minimum absolute atomic E-state index is 0.0279. The third-order valence-electron chi connectivity index (χ3n) is 3.31. The average Bonchev–Trinajstić information content (AvgIpc) is 2.54. The van der Waals surface area contributed by atoms with Gasteiger partial charge in [-0.2, -0.15) is 0 Å². The molecule has 1 aliphatic carbocycles. The SMILES string of the molecule is C=C(C)C(=O)N1C(=O)CC12CCCC2. The van der Waals surface area contributed by atoms with E-state index in [0.29, 0.717) is 12.0 Å². The van der Waals surface area contributed by atoms with Crippen LogP contribution in [0.2, 0.25) is 0 Å². The molecule has 0 aromatic carbocycles. The Hall–Kier alpha value is -1.12. The Kier molecular flexibility index (Phi) is 1.98. The van der Waals surface area contributed by atoms with E-state index in [2.05, 4.69) is 6.58 Å². The lowest BCUT2D eigenvalue weighted by molar-refractivity contribution is -0.165. The predicted molar refractivity (Wildman–Crippen MR) is 52.5 cm³/mol. The minimum Gasteiger partial charge on any atom is -0.274 e. The summed E-state index contributed by atoms with van der Waals surface area (Å²) in [5.74, 6) is -0.206. The molecule has 1 heterocycles. The van der Waals surface area contributed by atoms with Crippen molar-refractivity contribution in [1.82, 2.24) is 4.90 Å². The molecule has 0 N–H and O–H groups in total. The van der Waals surface area contributed by atoms with Crippen molar-refractivity contribution in [3.63, 3.8) is 0 Å². The van der Waals surface area contributed by atoms with E-state index in [0.717, 1.165) is 25.7 Å². The number of β-lactam (4-membered cyclic amide) rings is 1. The minimum atomic E-state index is -0.178. The third-order valence-corrected chi connectivity index (χ3v) is 3.31. The fourth-order valence-electron chi connectivity index (χ4n) is 2.57. The van der Waals surface area contributed by atoms with Crippen molar-refractivity contribution in [2.45, 2.75) is 44.6 Å². The summed E-state index contributed by atoms with van der Waals surface area (Å²) in [6.45, 7) is 5.27. The smallest absolute Gasteiger partial charge is 0.256 e. The number of hydrogen-bond donors (Lipinski definition) is 0. The lowest BCUT2D eigenvalue weighted by atomic mass is 9.81. The molecule has 3 nitrogen and oxygen atoms in total. The molecule has 1 saturated carbocycles. The molecule has 2 fully saturated rings. The standard InChI is InChI=1S/C11H15NO2/c1-8(2)10(14)12-9(13)7-11(12)5-3-4-6-11/h1,3-7H2,2H3. The van der Waals surface area contributed by atoms with E-state index in [9.17, 15) is 9.59 Å². The van der Waals surface area contributed by atoms with Crippen LogP contribution in [0.3, 0.4) is 0 Å². The summed E-state index contributed by atoms with van der Waals surface area (Å²) in [4.78, 5) is 24.6. The molecule has 1 aliphatic heterocycles. The van der Waals surface area contributed by atoms with Crippen LogP contribution in [0.4, 0.5) is 0 Å². The number of carbonyl (C=O) groups is 2. The number of imide groups is 1. The van der Waals surface area contributed by atoms with Crippen LogP contribution in [0.5, 0.6) is 0 Å². The van der Waals surface area contributed by atoms with Crippen molar-refractivity contribution in [2.75, 3.05) is 0 Å². The number of hydrogen-bond acceptors (Lipinski definition) is 2. The Morgan fingerprint density at radius 1 is 1.43 bits per heavy atom. The van der Waals surface area contributed by atoms with Gasteiger partial charge in [0.25, 0.3) is 5.91 Å². The normalized spacial score (nSPS) is 23.8. The summed E-state index contributed by atoms with van der Waals surface area (Å²) in [5, 5.41) is 0. The van der Waals surface area contributed by atoms with Crippen molar-refractivity contribution in [3.8, 4) is 0 Å². The van der Waals surface area contributed by atoms with Crippen molar-refractivity contribution in [3.05, 3.63) is 12.2 Å². The maximum Gasteiger partial charge on any atom is 0.256 e. The molecule has 0 radical (unpaired) electrons. The molecule has 14 heavy (non-hydrogen) atoms. The van der Waals surface area contributed by atoms with Crippen molar-refractivity contribution >= 4 is 11.8 Å². The zero-order valence-corrected chi connectivity index (χ0v) is 8.51. The van der Waals surface area contributed by atoms with E-state index in [1.807, 2.05) is 0 Å². The first-order valence-corrected chi connectivity index (χ1v) is 5.10. The topological polar surface area (TPSA) is 37.4 Å². The summed E-state index contributed by atoms with van der Waals surface area (Å²) in [6, 6.07) is 0. The first-order chi connectivity index (χ1) is 6.57. The second-order valence-corrected chi connectivity index (χ2v) is 4.42. The Balaban J connectivity index is 2.20. The van der Waals surface area contributed by atoms with Gasteiger partial charge in [-0.25, -0.2) is 0 Å². The lowest BCUT2D eigenvalue weighted by Crippen LogP contribution is -2.64. The molecular formula is C11H15NO2. The van der Waals surface area contributed by atoms with Gasteiger partial charge in [0.1, 0.15) is 0 Å². The van der Waals surface area contributed by atoms with Gasteiger partial charge in [-0.1, -0.05) is 19.4 Å². The van der Waals surface area contributed by atoms with E-state index in [-0.39, 0.29) is 17.4 Å². The molecule has 1 saturated heterocycles. The molecule has 3 heteroatoms. The molecule has 0 aromatic heterocycles. The maximum atomic E-state index is 11.7. The van der Waals surface area contributed by atoms with E-state index in [1.54, 1.807) is 6.92 Å². The quantitative estimate of drug-likeness (QED) is 0.469. The maximum absolute atomic E-state index is 11.7. The molecule has 0 bridgehead atoms. The van der Waals surface area contributed by atoms with Gasteiger partial charge >= 0.3 is 0 Å². The second kappa shape index (κ2) is 2.94. The number of nitrogens with zero attached hydrogens (tertiary/aromatic N) is 1. The van der Waals surface area contributed by atoms with Crippen molar-refractivity contribution < 1.29 is 9.59 Å². The van der Waals surface area contributed by atoms with Gasteiger partial charge in [-0.05, 0) is 19.8 Å². The van der Waals surface area contributed by atoms with Gasteiger partial charge < -0.3 is 0 Å². The highest BCUT2D eigenvalue weighted by Crippen LogP contribution is 2.45. The average molecular weight is 193 g/mol. The van der Waals surface area contributed by atoms with Crippen molar-refractivity contribution in [2.24, 2.45) is 0 Å². The van der Waals surface area contributed by atoms with E-state index < -0.39 is 0 Å². The summed E-state index contributed by atoms with van der Waals surface area (Å²) < 4.78 is 0. The number of rotatable bonds is 1. The first-order valence-electron chi connectivity index (χ1n) is 5.10. The highest BCUT2D eigenvalue weighted by molar-refractivity contribution is 6.08. The van der Waals surface area contributed by atoms with E-state index >= 15 is 0 Å². The van der Waals surface area contributed by atoms with Gasteiger partial charge in [-0.15, -0.1) is 0 Å². The van der Waals surface area contributed by atoms with Crippen LogP contribution < -0.4 is 0 Å². The Morgan fingerprint density at radius 3 is 2.43 bits per heavy atom. The van der Waals surface area contributed by atoms with Crippen LogP contribution in [0, 0.1) is 0 Å². The molecule has 1 spiro atoms. The summed E-state index contributed by atoms with van der Waals surface area (Å²) in [6.07, 6.45) is 4.79. The van der Waals surface area contributed by atoms with Crippen LogP contribution in [0.25, 0.3) is 0 Å². The Labute approximate surface area is 83.8 Å². The molecule has 76 valence electrons. The predicted octanol–water partition coefficient (Wildman–Crippen LogP) is 1.63. The highest BCUT2D eigenvalue weighted by Gasteiger charge is 2.54. The van der Waals surface area contributed by atoms with Gasteiger partial charge in [0, 0.05) is 5.57 Å². The van der Waals surface area contributed by atoms with Crippen LogP contribution in [-0.2, 0) is 9.59 Å². The molecule has 0 aromatic rings. The number of amides is 2.